The molecule has 2 saturated heterocycles. The normalized spacial score (nSPS) is 29.3. The molecule has 3 aliphatic rings. The molecule has 1 aromatic rings. The van der Waals surface area contributed by atoms with Crippen LogP contribution in [0.25, 0.3) is 0 Å². The Hall–Kier alpha value is -2.42. The minimum absolute atomic E-state index is 0.0235. The van der Waals surface area contributed by atoms with E-state index in [4.69, 9.17) is 9.47 Å². The van der Waals surface area contributed by atoms with E-state index in [1.807, 2.05) is 13.0 Å². The molecule has 0 bridgehead atoms. The van der Waals surface area contributed by atoms with Crippen molar-refractivity contribution in [3.8, 4) is 11.5 Å². The van der Waals surface area contributed by atoms with Crippen LogP contribution in [0, 0.1) is 0 Å². The summed E-state index contributed by atoms with van der Waals surface area (Å²) in [7, 11) is 0. The summed E-state index contributed by atoms with van der Waals surface area (Å²) in [5, 5.41) is 0. The highest BCUT2D eigenvalue weighted by atomic mass is 32.2. The van der Waals surface area contributed by atoms with Gasteiger partial charge in [-0.2, -0.15) is 0 Å². The lowest BCUT2D eigenvalue weighted by Crippen LogP contribution is -2.56. The first-order valence-corrected chi connectivity index (χ1v) is 9.41. The molecule has 0 aliphatic carbocycles. The molecular weight excluding hydrogens is 358 g/mol. The topological polar surface area (TPSA) is 97.0 Å². The highest BCUT2D eigenvalue weighted by molar-refractivity contribution is 8.01. The molecule has 1 aromatic carbocycles. The summed E-state index contributed by atoms with van der Waals surface area (Å²) in [5.41, 5.74) is 4.79. The van der Waals surface area contributed by atoms with Crippen molar-refractivity contribution in [3.63, 3.8) is 0 Å². The molecule has 0 saturated carbocycles. The van der Waals surface area contributed by atoms with Gasteiger partial charge >= 0.3 is 0 Å². The van der Waals surface area contributed by atoms with E-state index in [-0.39, 0.29) is 17.4 Å². The number of hydrogen-bond acceptors (Lipinski definition) is 6. The van der Waals surface area contributed by atoms with Crippen molar-refractivity contribution in [1.29, 1.82) is 0 Å². The second kappa shape index (κ2) is 6.39. The highest BCUT2D eigenvalue weighted by Crippen LogP contribution is 2.47. The van der Waals surface area contributed by atoms with Crippen LogP contribution < -0.4 is 20.3 Å². The number of hydrogen-bond donors (Lipinski definition) is 2. The number of nitrogens with zero attached hydrogens (tertiary/aromatic N) is 1. The van der Waals surface area contributed by atoms with E-state index in [1.54, 1.807) is 34.9 Å². The SMILES string of the molecule is CC12CCC(=O)N1C(C(=O)NNC(=O)C1COc3ccccc3O1)CS2. The second-order valence-electron chi connectivity index (χ2n) is 6.61. The van der Waals surface area contributed by atoms with Crippen molar-refractivity contribution in [2.45, 2.75) is 36.8 Å². The molecule has 4 rings (SSSR count). The second-order valence-corrected chi connectivity index (χ2v) is 8.11. The van der Waals surface area contributed by atoms with Crippen LogP contribution >= 0.6 is 11.8 Å². The van der Waals surface area contributed by atoms with Crippen LogP contribution in [0.3, 0.4) is 0 Å². The molecule has 8 nitrogen and oxygen atoms in total. The van der Waals surface area contributed by atoms with Gasteiger partial charge in [-0.25, -0.2) is 0 Å². The quantitative estimate of drug-likeness (QED) is 0.726. The maximum Gasteiger partial charge on any atom is 0.283 e. The Morgan fingerprint density at radius 1 is 1.23 bits per heavy atom. The van der Waals surface area contributed by atoms with Crippen LogP contribution in [0.4, 0.5) is 0 Å². The van der Waals surface area contributed by atoms with Crippen molar-refractivity contribution in [2.24, 2.45) is 0 Å². The van der Waals surface area contributed by atoms with Gasteiger partial charge in [-0.15, -0.1) is 11.8 Å². The van der Waals surface area contributed by atoms with Gasteiger partial charge in [-0.1, -0.05) is 12.1 Å². The standard InChI is InChI=1S/C17H19N3O5S/c1-17-7-6-14(21)20(17)10(9-26-17)15(22)18-19-16(23)13-8-24-11-4-2-3-5-12(11)25-13/h2-5,10,13H,6-9H2,1H3,(H,18,22)(H,19,23). The molecule has 2 N–H and O–H groups in total. The number of carbonyl (C=O) groups is 3. The number of benzene rings is 1. The molecule has 3 heterocycles. The monoisotopic (exact) mass is 377 g/mol. The number of hydrazine groups is 1. The number of ether oxygens (including phenoxy) is 2. The van der Waals surface area contributed by atoms with E-state index in [1.165, 1.54) is 0 Å². The molecule has 3 amide bonds. The Morgan fingerprint density at radius 2 is 1.96 bits per heavy atom. The minimum Gasteiger partial charge on any atom is -0.485 e. The maximum atomic E-state index is 12.5. The summed E-state index contributed by atoms with van der Waals surface area (Å²) < 4.78 is 11.1. The van der Waals surface area contributed by atoms with Crippen LogP contribution in [-0.4, -0.2) is 52.0 Å². The summed E-state index contributed by atoms with van der Waals surface area (Å²) in [6, 6.07) is 6.49. The summed E-state index contributed by atoms with van der Waals surface area (Å²) in [5.74, 6) is 0.646. The van der Waals surface area contributed by atoms with Gasteiger partial charge in [0, 0.05) is 12.2 Å². The van der Waals surface area contributed by atoms with Crippen molar-refractivity contribution < 1.29 is 23.9 Å². The molecule has 3 atom stereocenters. The number of thioether (sulfide) groups is 1. The zero-order valence-electron chi connectivity index (χ0n) is 14.2. The van der Waals surface area contributed by atoms with Gasteiger partial charge in [0.1, 0.15) is 12.6 Å². The molecule has 0 radical (unpaired) electrons. The smallest absolute Gasteiger partial charge is 0.283 e. The van der Waals surface area contributed by atoms with Crippen LogP contribution in [0.5, 0.6) is 11.5 Å². The van der Waals surface area contributed by atoms with Crippen LogP contribution in [0.1, 0.15) is 19.8 Å². The van der Waals surface area contributed by atoms with E-state index < -0.39 is 24.0 Å². The fourth-order valence-electron chi connectivity index (χ4n) is 3.45. The maximum absolute atomic E-state index is 12.5. The van der Waals surface area contributed by atoms with Gasteiger partial charge in [0.25, 0.3) is 11.8 Å². The number of nitrogens with one attached hydrogen (secondary N) is 2. The molecular formula is C17H19N3O5S. The molecule has 3 unspecified atom stereocenters. The molecule has 0 aromatic heterocycles. The Bertz CT molecular complexity index is 773. The lowest BCUT2D eigenvalue weighted by molar-refractivity contribution is -0.140. The van der Waals surface area contributed by atoms with E-state index in [0.717, 1.165) is 6.42 Å². The van der Waals surface area contributed by atoms with Crippen LogP contribution in [0.15, 0.2) is 24.3 Å². The lowest BCUT2D eigenvalue weighted by atomic mass is 10.2. The highest BCUT2D eigenvalue weighted by Gasteiger charge is 2.53. The van der Waals surface area contributed by atoms with Gasteiger partial charge in [0.15, 0.2) is 11.5 Å². The average molecular weight is 377 g/mol. The third-order valence-electron chi connectivity index (χ3n) is 4.86. The van der Waals surface area contributed by atoms with Gasteiger partial charge in [-0.05, 0) is 25.5 Å². The summed E-state index contributed by atoms with van der Waals surface area (Å²) in [6.07, 6.45) is 0.327. The molecule has 26 heavy (non-hydrogen) atoms. The number of amides is 3. The van der Waals surface area contributed by atoms with Gasteiger partial charge in [0.05, 0.1) is 4.87 Å². The first-order chi connectivity index (χ1) is 12.5. The molecule has 9 heteroatoms. The molecule has 3 aliphatic heterocycles. The van der Waals surface area contributed by atoms with E-state index >= 15 is 0 Å². The van der Waals surface area contributed by atoms with Gasteiger partial charge in [-0.3, -0.25) is 25.2 Å². The third kappa shape index (κ3) is 2.86. The number of fused-ring (bicyclic) bond motifs is 2. The van der Waals surface area contributed by atoms with Gasteiger partial charge in [0.2, 0.25) is 12.0 Å². The minimum atomic E-state index is -0.859. The first kappa shape index (κ1) is 17.0. The van der Waals surface area contributed by atoms with Crippen molar-refractivity contribution in [1.82, 2.24) is 15.8 Å². The zero-order valence-corrected chi connectivity index (χ0v) is 15.0. The Kier molecular flexibility index (Phi) is 4.18. The lowest BCUT2D eigenvalue weighted by Gasteiger charge is -2.30. The van der Waals surface area contributed by atoms with E-state index in [2.05, 4.69) is 10.9 Å². The van der Waals surface area contributed by atoms with Gasteiger partial charge < -0.3 is 14.4 Å². The van der Waals surface area contributed by atoms with Crippen molar-refractivity contribution in [3.05, 3.63) is 24.3 Å². The first-order valence-electron chi connectivity index (χ1n) is 8.42. The summed E-state index contributed by atoms with van der Waals surface area (Å²) >= 11 is 1.60. The summed E-state index contributed by atoms with van der Waals surface area (Å²) in [6.45, 7) is 2.03. The zero-order chi connectivity index (χ0) is 18.3. The van der Waals surface area contributed by atoms with E-state index in [9.17, 15) is 14.4 Å². The Morgan fingerprint density at radius 3 is 2.77 bits per heavy atom. The number of carbonyl (C=O) groups excluding carboxylic acids is 3. The fraction of sp³-hybridized carbons (Fsp3) is 0.471. The fourth-order valence-corrected chi connectivity index (χ4v) is 4.88. The number of rotatable bonds is 2. The molecule has 2 fully saturated rings. The van der Waals surface area contributed by atoms with E-state index in [0.29, 0.717) is 23.7 Å². The third-order valence-corrected chi connectivity index (χ3v) is 6.36. The predicted octanol–water partition coefficient (Wildman–Crippen LogP) is 0.428. The number of para-hydroxylation sites is 2. The predicted molar refractivity (Wildman–Crippen MR) is 93.4 cm³/mol. The van der Waals surface area contributed by atoms with Crippen molar-refractivity contribution in [2.75, 3.05) is 12.4 Å². The Balaban J connectivity index is 1.34. The average Bonchev–Trinajstić information content (AvgIpc) is 3.15. The summed E-state index contributed by atoms with van der Waals surface area (Å²) in [4.78, 5) is 38.1. The Labute approximate surface area is 154 Å². The largest absolute Gasteiger partial charge is 0.485 e. The van der Waals surface area contributed by atoms with Crippen molar-refractivity contribution >= 4 is 29.5 Å². The van der Waals surface area contributed by atoms with Crippen LogP contribution in [0.2, 0.25) is 0 Å². The van der Waals surface area contributed by atoms with Crippen LogP contribution in [-0.2, 0) is 14.4 Å². The molecule has 0 spiro atoms. The molecule has 138 valence electrons.